The van der Waals surface area contributed by atoms with Crippen molar-refractivity contribution in [3.8, 4) is 11.4 Å². The van der Waals surface area contributed by atoms with Crippen LogP contribution in [0.3, 0.4) is 0 Å². The maximum absolute atomic E-state index is 12.4. The molecule has 0 radical (unpaired) electrons. The molecule has 0 atom stereocenters. The van der Waals surface area contributed by atoms with Gasteiger partial charge in [-0.15, -0.1) is 5.10 Å². The number of hydrogen-bond donors (Lipinski definition) is 0. The lowest BCUT2D eigenvalue weighted by Gasteiger charge is -2.14. The van der Waals surface area contributed by atoms with Crippen LogP contribution in [0, 0.1) is 0 Å². The molecule has 0 spiro atoms. The van der Waals surface area contributed by atoms with Gasteiger partial charge in [-0.3, -0.25) is 4.79 Å². The summed E-state index contributed by atoms with van der Waals surface area (Å²) in [5.74, 6) is 0.880. The minimum Gasteiger partial charge on any atom is -0.337 e. The van der Waals surface area contributed by atoms with Gasteiger partial charge in [0.25, 0.3) is 0 Å². The van der Waals surface area contributed by atoms with E-state index in [4.69, 9.17) is 4.52 Å². The number of hydrogen-bond acceptors (Lipinski definition) is 6. The topological polar surface area (TPSA) is 89.9 Å². The van der Waals surface area contributed by atoms with Crippen LogP contribution >= 0.6 is 0 Å². The summed E-state index contributed by atoms with van der Waals surface area (Å²) in [7, 11) is 1.72. The molecule has 8 heteroatoms. The summed E-state index contributed by atoms with van der Waals surface area (Å²) in [6, 6.07) is 17.2. The molecule has 2 aromatic carbocycles. The highest BCUT2D eigenvalue weighted by Gasteiger charge is 2.15. The van der Waals surface area contributed by atoms with E-state index in [1.165, 1.54) is 0 Å². The van der Waals surface area contributed by atoms with Crippen molar-refractivity contribution in [2.24, 2.45) is 0 Å². The van der Waals surface area contributed by atoms with Crippen LogP contribution < -0.4 is 0 Å². The zero-order chi connectivity index (χ0) is 18.6. The predicted molar refractivity (Wildman–Crippen MR) is 98.4 cm³/mol. The first-order valence-corrected chi connectivity index (χ1v) is 8.61. The molecular weight excluding hydrogens is 344 g/mol. The minimum absolute atomic E-state index is 0.0333. The maximum atomic E-state index is 12.4. The third kappa shape index (κ3) is 3.69. The highest BCUT2D eigenvalue weighted by Crippen LogP contribution is 2.16. The first kappa shape index (κ1) is 16.9. The Bertz CT molecular complexity index is 1060. The summed E-state index contributed by atoms with van der Waals surface area (Å²) in [6.45, 7) is 0.722. The molecule has 27 heavy (non-hydrogen) atoms. The van der Waals surface area contributed by atoms with E-state index in [2.05, 4.69) is 20.5 Å². The molecule has 2 heterocycles. The van der Waals surface area contributed by atoms with Crippen molar-refractivity contribution in [3.05, 3.63) is 60.5 Å². The lowest BCUT2D eigenvalue weighted by atomic mass is 10.2. The number of aromatic nitrogens is 5. The molecule has 0 N–H and O–H groups in total. The molecule has 4 rings (SSSR count). The second-order valence-corrected chi connectivity index (χ2v) is 6.18. The standard InChI is InChI=1S/C19H18N6O2/c1-24(13-17-20-19(22-27-17)14-7-3-2-4-8-14)18(26)11-12-25-16-10-6-5-9-15(16)21-23-25/h2-10H,11-13H2,1H3. The zero-order valence-electron chi connectivity index (χ0n) is 14.8. The second kappa shape index (κ2) is 7.36. The number of aryl methyl sites for hydroxylation is 1. The van der Waals surface area contributed by atoms with Crippen LogP contribution in [-0.4, -0.2) is 43.0 Å². The molecule has 0 bridgehead atoms. The van der Waals surface area contributed by atoms with Crippen molar-refractivity contribution in [1.29, 1.82) is 0 Å². The number of para-hydroxylation sites is 1. The minimum atomic E-state index is -0.0333. The number of fused-ring (bicyclic) bond motifs is 1. The second-order valence-electron chi connectivity index (χ2n) is 6.18. The van der Waals surface area contributed by atoms with E-state index in [1.807, 2.05) is 54.6 Å². The first-order chi connectivity index (χ1) is 13.2. The number of carbonyl (C=O) groups excluding carboxylic acids is 1. The van der Waals surface area contributed by atoms with E-state index in [1.54, 1.807) is 16.6 Å². The van der Waals surface area contributed by atoms with E-state index in [0.717, 1.165) is 16.6 Å². The lowest BCUT2D eigenvalue weighted by molar-refractivity contribution is -0.131. The van der Waals surface area contributed by atoms with Gasteiger partial charge in [0.1, 0.15) is 5.52 Å². The predicted octanol–water partition coefficient (Wildman–Crippen LogP) is 2.53. The highest BCUT2D eigenvalue weighted by atomic mass is 16.5. The molecule has 8 nitrogen and oxygen atoms in total. The molecule has 0 saturated carbocycles. The van der Waals surface area contributed by atoms with Crippen molar-refractivity contribution in [2.45, 2.75) is 19.5 Å². The van der Waals surface area contributed by atoms with Gasteiger partial charge in [-0.1, -0.05) is 52.8 Å². The first-order valence-electron chi connectivity index (χ1n) is 8.61. The number of amides is 1. The normalized spacial score (nSPS) is 11.0. The van der Waals surface area contributed by atoms with Gasteiger partial charge in [-0.25, -0.2) is 4.68 Å². The van der Waals surface area contributed by atoms with Crippen LogP contribution in [0.15, 0.2) is 59.1 Å². The fraction of sp³-hybridized carbons (Fsp3) is 0.211. The SMILES string of the molecule is CN(Cc1nc(-c2ccccc2)no1)C(=O)CCn1nnc2ccccc21. The Kier molecular flexibility index (Phi) is 4.61. The molecule has 1 amide bonds. The fourth-order valence-corrected chi connectivity index (χ4v) is 2.79. The fourth-order valence-electron chi connectivity index (χ4n) is 2.79. The number of carbonyl (C=O) groups is 1. The van der Waals surface area contributed by atoms with Gasteiger partial charge in [0.05, 0.1) is 18.6 Å². The monoisotopic (exact) mass is 362 g/mol. The third-order valence-electron chi connectivity index (χ3n) is 4.26. The van der Waals surface area contributed by atoms with E-state index < -0.39 is 0 Å². The Morgan fingerprint density at radius 2 is 1.89 bits per heavy atom. The Balaban J connectivity index is 1.36. The zero-order valence-corrected chi connectivity index (χ0v) is 14.8. The summed E-state index contributed by atoms with van der Waals surface area (Å²) in [5, 5.41) is 12.2. The van der Waals surface area contributed by atoms with E-state index in [0.29, 0.717) is 24.7 Å². The van der Waals surface area contributed by atoms with Crippen LogP contribution in [-0.2, 0) is 17.9 Å². The van der Waals surface area contributed by atoms with Gasteiger partial charge in [-0.05, 0) is 12.1 Å². The lowest BCUT2D eigenvalue weighted by Crippen LogP contribution is -2.27. The highest BCUT2D eigenvalue weighted by molar-refractivity contribution is 5.77. The van der Waals surface area contributed by atoms with Gasteiger partial charge in [0.15, 0.2) is 0 Å². The molecule has 2 aromatic heterocycles. The van der Waals surface area contributed by atoms with Crippen LogP contribution in [0.1, 0.15) is 12.3 Å². The molecule has 136 valence electrons. The van der Waals surface area contributed by atoms with Crippen LogP contribution in [0.2, 0.25) is 0 Å². The molecule has 0 fully saturated rings. The van der Waals surface area contributed by atoms with Gasteiger partial charge < -0.3 is 9.42 Å². The molecule has 0 aliphatic rings. The smallest absolute Gasteiger partial charge is 0.246 e. The van der Waals surface area contributed by atoms with E-state index in [9.17, 15) is 4.79 Å². The molecule has 0 unspecified atom stereocenters. The Morgan fingerprint density at radius 1 is 1.11 bits per heavy atom. The van der Waals surface area contributed by atoms with Crippen LogP contribution in [0.4, 0.5) is 0 Å². The summed E-state index contributed by atoms with van der Waals surface area (Å²) in [4.78, 5) is 18.4. The van der Waals surface area contributed by atoms with Crippen molar-refractivity contribution in [1.82, 2.24) is 30.0 Å². The van der Waals surface area contributed by atoms with Gasteiger partial charge in [-0.2, -0.15) is 4.98 Å². The van der Waals surface area contributed by atoms with Gasteiger partial charge in [0, 0.05) is 19.0 Å². The van der Waals surface area contributed by atoms with Gasteiger partial charge >= 0.3 is 0 Å². The van der Waals surface area contributed by atoms with E-state index in [-0.39, 0.29) is 12.5 Å². The molecular formula is C19H18N6O2. The summed E-state index contributed by atoms with van der Waals surface area (Å²) in [6.07, 6.45) is 0.309. The molecule has 4 aromatic rings. The van der Waals surface area contributed by atoms with Crippen molar-refractivity contribution in [2.75, 3.05) is 7.05 Å². The van der Waals surface area contributed by atoms with Crippen LogP contribution in [0.25, 0.3) is 22.4 Å². The quantitative estimate of drug-likeness (QED) is 0.523. The third-order valence-corrected chi connectivity index (χ3v) is 4.26. The Labute approximate surface area is 155 Å². The van der Waals surface area contributed by atoms with Crippen molar-refractivity contribution in [3.63, 3.8) is 0 Å². The maximum Gasteiger partial charge on any atom is 0.246 e. The Hall–Kier alpha value is -3.55. The number of benzene rings is 2. The number of nitrogens with zero attached hydrogens (tertiary/aromatic N) is 6. The molecule has 0 saturated heterocycles. The molecule has 0 aliphatic carbocycles. The summed E-state index contributed by atoms with van der Waals surface area (Å²) in [5.41, 5.74) is 2.61. The van der Waals surface area contributed by atoms with Crippen molar-refractivity contribution >= 4 is 16.9 Å². The van der Waals surface area contributed by atoms with Crippen molar-refractivity contribution < 1.29 is 9.32 Å². The van der Waals surface area contributed by atoms with Gasteiger partial charge in [0.2, 0.25) is 17.6 Å². The average molecular weight is 362 g/mol. The summed E-state index contributed by atoms with van der Waals surface area (Å²) >= 11 is 0. The van der Waals surface area contributed by atoms with Crippen LogP contribution in [0.5, 0.6) is 0 Å². The largest absolute Gasteiger partial charge is 0.337 e. The van der Waals surface area contributed by atoms with E-state index >= 15 is 0 Å². The Morgan fingerprint density at radius 3 is 2.74 bits per heavy atom. The average Bonchev–Trinajstić information content (AvgIpc) is 3.34. The summed E-state index contributed by atoms with van der Waals surface area (Å²) < 4.78 is 7.00. The molecule has 0 aliphatic heterocycles. The number of rotatable bonds is 6.